The van der Waals surface area contributed by atoms with E-state index < -0.39 is 0 Å². The molecule has 0 spiro atoms. The zero-order chi connectivity index (χ0) is 16.9. The smallest absolute Gasteiger partial charge is 0.237 e. The molecule has 4 heteroatoms. The van der Waals surface area contributed by atoms with E-state index in [-0.39, 0.29) is 18.0 Å². The first-order chi connectivity index (χ1) is 11.6. The molecule has 1 fully saturated rings. The SMILES string of the molecule is C[C@H](CC[C@H]1CCCO1)NC(=O)[C@@H](C)N1CCc2ccccc2C1. The van der Waals surface area contributed by atoms with E-state index in [1.54, 1.807) is 0 Å². The number of carbonyl (C=O) groups is 1. The second-order valence-corrected chi connectivity index (χ2v) is 7.29. The van der Waals surface area contributed by atoms with Crippen molar-refractivity contribution in [2.75, 3.05) is 13.2 Å². The first-order valence-electron chi connectivity index (χ1n) is 9.36. The van der Waals surface area contributed by atoms with E-state index in [0.29, 0.717) is 6.10 Å². The number of benzene rings is 1. The van der Waals surface area contributed by atoms with Crippen molar-refractivity contribution in [3.63, 3.8) is 0 Å². The molecule has 0 saturated carbocycles. The van der Waals surface area contributed by atoms with Crippen molar-refractivity contribution in [1.82, 2.24) is 10.2 Å². The van der Waals surface area contributed by atoms with Crippen LogP contribution in [0.5, 0.6) is 0 Å². The van der Waals surface area contributed by atoms with Crippen molar-refractivity contribution in [3.8, 4) is 0 Å². The Hall–Kier alpha value is -1.39. The van der Waals surface area contributed by atoms with E-state index in [0.717, 1.165) is 39.0 Å². The molecule has 24 heavy (non-hydrogen) atoms. The summed E-state index contributed by atoms with van der Waals surface area (Å²) in [5, 5.41) is 3.19. The molecule has 0 aliphatic carbocycles. The van der Waals surface area contributed by atoms with E-state index in [9.17, 15) is 4.79 Å². The lowest BCUT2D eigenvalue weighted by Crippen LogP contribution is -2.49. The maximum Gasteiger partial charge on any atom is 0.237 e. The van der Waals surface area contributed by atoms with Gasteiger partial charge >= 0.3 is 0 Å². The van der Waals surface area contributed by atoms with Crippen LogP contribution in [-0.4, -0.2) is 42.1 Å². The summed E-state index contributed by atoms with van der Waals surface area (Å²) in [5.74, 6) is 0.147. The molecule has 0 bridgehead atoms. The standard InChI is InChI=1S/C20H30N2O2/c1-15(9-10-19-8-5-13-24-19)21-20(23)16(2)22-12-11-17-6-3-4-7-18(17)14-22/h3-4,6-7,15-16,19H,5,8-14H2,1-2H3,(H,21,23)/t15-,16-,19-/m1/s1. The predicted molar refractivity (Wildman–Crippen MR) is 95.8 cm³/mol. The molecule has 4 nitrogen and oxygen atoms in total. The Morgan fingerprint density at radius 3 is 2.88 bits per heavy atom. The fourth-order valence-corrected chi connectivity index (χ4v) is 3.76. The number of carbonyl (C=O) groups excluding carboxylic acids is 1. The average Bonchev–Trinajstić information content (AvgIpc) is 3.12. The minimum atomic E-state index is -0.0801. The Kier molecular flexibility index (Phi) is 5.90. The van der Waals surface area contributed by atoms with Gasteiger partial charge in [-0.05, 0) is 57.1 Å². The van der Waals surface area contributed by atoms with Crippen LogP contribution in [0, 0.1) is 0 Å². The lowest BCUT2D eigenvalue weighted by molar-refractivity contribution is -0.126. The molecule has 1 saturated heterocycles. The Morgan fingerprint density at radius 2 is 2.12 bits per heavy atom. The summed E-state index contributed by atoms with van der Waals surface area (Å²) < 4.78 is 5.66. The van der Waals surface area contributed by atoms with E-state index in [1.165, 1.54) is 24.0 Å². The van der Waals surface area contributed by atoms with Crippen LogP contribution in [-0.2, 0) is 22.5 Å². The Bertz CT molecular complexity index is 554. The molecular formula is C20H30N2O2. The summed E-state index contributed by atoms with van der Waals surface area (Å²) >= 11 is 0. The second kappa shape index (κ2) is 8.13. The van der Waals surface area contributed by atoms with Crippen LogP contribution in [0.4, 0.5) is 0 Å². The molecule has 0 aromatic heterocycles. The topological polar surface area (TPSA) is 41.6 Å². The molecule has 0 radical (unpaired) electrons. The Morgan fingerprint density at radius 1 is 1.33 bits per heavy atom. The average molecular weight is 330 g/mol. The molecule has 2 aliphatic heterocycles. The van der Waals surface area contributed by atoms with Gasteiger partial charge in [0.1, 0.15) is 0 Å². The molecule has 3 atom stereocenters. The van der Waals surface area contributed by atoms with Crippen molar-refractivity contribution >= 4 is 5.91 Å². The number of amides is 1. The van der Waals surface area contributed by atoms with Gasteiger partial charge < -0.3 is 10.1 Å². The third-order valence-electron chi connectivity index (χ3n) is 5.42. The quantitative estimate of drug-likeness (QED) is 0.872. The van der Waals surface area contributed by atoms with Crippen LogP contribution in [0.25, 0.3) is 0 Å². The van der Waals surface area contributed by atoms with Crippen molar-refractivity contribution in [2.24, 2.45) is 0 Å². The van der Waals surface area contributed by atoms with Gasteiger partial charge in [-0.25, -0.2) is 0 Å². The normalized spacial score (nSPS) is 23.5. The van der Waals surface area contributed by atoms with Gasteiger partial charge in [-0.15, -0.1) is 0 Å². The molecule has 2 aliphatic rings. The third kappa shape index (κ3) is 4.37. The van der Waals surface area contributed by atoms with E-state index in [2.05, 4.69) is 41.4 Å². The van der Waals surface area contributed by atoms with E-state index in [4.69, 9.17) is 4.74 Å². The van der Waals surface area contributed by atoms with Crippen molar-refractivity contribution in [3.05, 3.63) is 35.4 Å². The van der Waals surface area contributed by atoms with Gasteiger partial charge in [0, 0.05) is 25.7 Å². The summed E-state index contributed by atoms with van der Waals surface area (Å²) in [6, 6.07) is 8.69. The van der Waals surface area contributed by atoms with Crippen molar-refractivity contribution < 1.29 is 9.53 Å². The summed E-state index contributed by atoms with van der Waals surface area (Å²) in [5.41, 5.74) is 2.78. The number of hydrogen-bond donors (Lipinski definition) is 1. The summed E-state index contributed by atoms with van der Waals surface area (Å²) in [6.07, 6.45) is 5.82. The van der Waals surface area contributed by atoms with Gasteiger partial charge in [-0.3, -0.25) is 9.69 Å². The van der Waals surface area contributed by atoms with Gasteiger partial charge in [0.25, 0.3) is 0 Å². The second-order valence-electron chi connectivity index (χ2n) is 7.29. The number of hydrogen-bond acceptors (Lipinski definition) is 3. The Balaban J connectivity index is 1.46. The number of rotatable bonds is 6. The molecule has 1 aromatic rings. The molecular weight excluding hydrogens is 300 g/mol. The summed E-state index contributed by atoms with van der Waals surface area (Å²) in [6.45, 7) is 6.85. The highest BCUT2D eigenvalue weighted by atomic mass is 16.5. The van der Waals surface area contributed by atoms with Gasteiger partial charge in [0.15, 0.2) is 0 Å². The molecule has 3 rings (SSSR count). The molecule has 1 aromatic carbocycles. The van der Waals surface area contributed by atoms with Crippen LogP contribution in [0.1, 0.15) is 50.7 Å². The third-order valence-corrected chi connectivity index (χ3v) is 5.42. The zero-order valence-electron chi connectivity index (χ0n) is 15.0. The van der Waals surface area contributed by atoms with Crippen molar-refractivity contribution in [1.29, 1.82) is 0 Å². The fraction of sp³-hybridized carbons (Fsp3) is 0.650. The maximum atomic E-state index is 12.6. The van der Waals surface area contributed by atoms with E-state index >= 15 is 0 Å². The van der Waals surface area contributed by atoms with Gasteiger partial charge in [-0.2, -0.15) is 0 Å². The highest BCUT2D eigenvalue weighted by Crippen LogP contribution is 2.21. The van der Waals surface area contributed by atoms with Crippen LogP contribution < -0.4 is 5.32 Å². The lowest BCUT2D eigenvalue weighted by atomic mass is 9.98. The minimum absolute atomic E-state index is 0.0801. The highest BCUT2D eigenvalue weighted by molar-refractivity contribution is 5.81. The van der Waals surface area contributed by atoms with Crippen LogP contribution >= 0.6 is 0 Å². The number of ether oxygens (including phenoxy) is 1. The predicted octanol–water partition coefficient (Wildman–Crippen LogP) is 2.90. The molecule has 0 unspecified atom stereocenters. The van der Waals surface area contributed by atoms with Gasteiger partial charge in [0.2, 0.25) is 5.91 Å². The van der Waals surface area contributed by atoms with Gasteiger partial charge in [0.05, 0.1) is 12.1 Å². The first-order valence-corrected chi connectivity index (χ1v) is 9.36. The van der Waals surface area contributed by atoms with Crippen LogP contribution in [0.2, 0.25) is 0 Å². The van der Waals surface area contributed by atoms with Gasteiger partial charge in [-0.1, -0.05) is 24.3 Å². The molecule has 2 heterocycles. The minimum Gasteiger partial charge on any atom is -0.378 e. The highest BCUT2D eigenvalue weighted by Gasteiger charge is 2.26. The monoisotopic (exact) mass is 330 g/mol. The summed E-state index contributed by atoms with van der Waals surface area (Å²) in [4.78, 5) is 14.9. The molecule has 1 amide bonds. The van der Waals surface area contributed by atoms with Crippen molar-refractivity contribution in [2.45, 2.75) is 70.7 Å². The zero-order valence-corrected chi connectivity index (χ0v) is 15.0. The summed E-state index contributed by atoms with van der Waals surface area (Å²) in [7, 11) is 0. The molecule has 132 valence electrons. The molecule has 1 N–H and O–H groups in total. The van der Waals surface area contributed by atoms with Crippen LogP contribution in [0.3, 0.4) is 0 Å². The largest absolute Gasteiger partial charge is 0.378 e. The van der Waals surface area contributed by atoms with E-state index in [1.807, 2.05) is 6.92 Å². The number of nitrogens with one attached hydrogen (secondary N) is 1. The first kappa shape index (κ1) is 17.4. The fourth-order valence-electron chi connectivity index (χ4n) is 3.76. The van der Waals surface area contributed by atoms with Crippen LogP contribution in [0.15, 0.2) is 24.3 Å². The lowest BCUT2D eigenvalue weighted by Gasteiger charge is -2.33. The number of nitrogens with zero attached hydrogens (tertiary/aromatic N) is 1. The maximum absolute atomic E-state index is 12.6. The number of fused-ring (bicyclic) bond motifs is 1. The Labute approximate surface area is 145 Å².